The van der Waals surface area contributed by atoms with Crippen LogP contribution in [0.5, 0.6) is 0 Å². The zero-order chi connectivity index (χ0) is 14.0. The lowest BCUT2D eigenvalue weighted by Crippen LogP contribution is -2.21. The fraction of sp³-hybridized carbons (Fsp3) is 0.333. The number of rotatable bonds is 4. The van der Waals surface area contributed by atoms with Crippen LogP contribution in [0.15, 0.2) is 23.6 Å². The molecule has 0 fully saturated rings. The number of nitrogens with one attached hydrogen (secondary N) is 1. The third kappa shape index (κ3) is 3.14. The average molecular weight is 314 g/mol. The van der Waals surface area contributed by atoms with E-state index in [1.807, 2.05) is 19.9 Å². The quantitative estimate of drug-likeness (QED) is 0.800. The maximum Gasteiger partial charge on any atom is 0.0686 e. The molecule has 1 unspecified atom stereocenters. The molecule has 0 saturated heterocycles. The first-order valence-electron chi connectivity index (χ1n) is 6.27. The summed E-state index contributed by atoms with van der Waals surface area (Å²) in [7, 11) is 0. The molecule has 1 aromatic carbocycles. The zero-order valence-corrected chi connectivity index (χ0v) is 13.6. The lowest BCUT2D eigenvalue weighted by molar-refractivity contribution is 0.639. The first kappa shape index (κ1) is 14.9. The van der Waals surface area contributed by atoms with Crippen molar-refractivity contribution < 1.29 is 0 Å². The standard InChI is InChI=1S/C15H17Cl2NS/c1-4-18-14(15-13(17)10(3)8-19-15)11-6-5-9(2)12(16)7-11/h5-8,14,18H,4H2,1-3H3. The molecule has 0 saturated carbocycles. The van der Waals surface area contributed by atoms with Crippen LogP contribution in [0.2, 0.25) is 10.0 Å². The Kier molecular flexibility index (Phi) is 4.91. The van der Waals surface area contributed by atoms with Crippen molar-refractivity contribution >= 4 is 34.5 Å². The van der Waals surface area contributed by atoms with Crippen molar-refractivity contribution in [2.45, 2.75) is 26.8 Å². The Labute approximate surface area is 128 Å². The van der Waals surface area contributed by atoms with E-state index in [1.54, 1.807) is 11.3 Å². The van der Waals surface area contributed by atoms with Gasteiger partial charge in [-0.05, 0) is 48.5 Å². The van der Waals surface area contributed by atoms with Crippen LogP contribution < -0.4 is 5.32 Å². The molecule has 1 aromatic heterocycles. The second-order valence-electron chi connectivity index (χ2n) is 4.60. The molecule has 0 bridgehead atoms. The first-order valence-corrected chi connectivity index (χ1v) is 7.91. The van der Waals surface area contributed by atoms with Gasteiger partial charge in [0.1, 0.15) is 0 Å². The van der Waals surface area contributed by atoms with Crippen LogP contribution >= 0.6 is 34.5 Å². The monoisotopic (exact) mass is 313 g/mol. The third-order valence-corrected chi connectivity index (χ3v) is 5.31. The Hall–Kier alpha value is -0.540. The molecule has 4 heteroatoms. The highest BCUT2D eigenvalue weighted by molar-refractivity contribution is 7.10. The van der Waals surface area contributed by atoms with Crippen LogP contribution in [0.4, 0.5) is 0 Å². The summed E-state index contributed by atoms with van der Waals surface area (Å²) in [5.41, 5.74) is 3.37. The van der Waals surface area contributed by atoms with Gasteiger partial charge in [0, 0.05) is 9.90 Å². The van der Waals surface area contributed by atoms with Crippen LogP contribution in [0, 0.1) is 13.8 Å². The SMILES string of the molecule is CCNC(c1ccc(C)c(Cl)c1)c1scc(C)c1Cl. The van der Waals surface area contributed by atoms with Gasteiger partial charge in [-0.25, -0.2) is 0 Å². The van der Waals surface area contributed by atoms with Crippen LogP contribution in [0.25, 0.3) is 0 Å². The van der Waals surface area contributed by atoms with Gasteiger partial charge in [-0.15, -0.1) is 11.3 Å². The van der Waals surface area contributed by atoms with Crippen molar-refractivity contribution in [1.29, 1.82) is 0 Å². The molecule has 1 atom stereocenters. The molecule has 2 aromatic rings. The maximum atomic E-state index is 6.40. The van der Waals surface area contributed by atoms with Gasteiger partial charge >= 0.3 is 0 Å². The Bertz CT molecular complexity index is 578. The molecule has 1 nitrogen and oxygen atoms in total. The van der Waals surface area contributed by atoms with E-state index in [1.165, 1.54) is 0 Å². The van der Waals surface area contributed by atoms with Crippen molar-refractivity contribution in [1.82, 2.24) is 5.32 Å². The predicted octanol–water partition coefficient (Wildman–Crippen LogP) is 5.37. The minimum Gasteiger partial charge on any atom is -0.306 e. The fourth-order valence-corrected chi connectivity index (χ4v) is 3.59. The molecule has 0 aliphatic carbocycles. The maximum absolute atomic E-state index is 6.40. The van der Waals surface area contributed by atoms with Crippen LogP contribution in [-0.4, -0.2) is 6.54 Å². The summed E-state index contributed by atoms with van der Waals surface area (Å²) in [6.45, 7) is 7.02. The number of halogens is 2. The Morgan fingerprint density at radius 1 is 1.21 bits per heavy atom. The van der Waals surface area contributed by atoms with E-state index in [4.69, 9.17) is 23.2 Å². The number of hydrogen-bond acceptors (Lipinski definition) is 2. The first-order chi connectivity index (χ1) is 9.04. The molecular weight excluding hydrogens is 297 g/mol. The molecule has 19 heavy (non-hydrogen) atoms. The van der Waals surface area contributed by atoms with Gasteiger partial charge in [-0.2, -0.15) is 0 Å². The molecule has 0 aliphatic heterocycles. The summed E-state index contributed by atoms with van der Waals surface area (Å²) in [4.78, 5) is 1.15. The Balaban J connectivity index is 2.45. The molecule has 1 heterocycles. The molecule has 102 valence electrons. The topological polar surface area (TPSA) is 12.0 Å². The van der Waals surface area contributed by atoms with Crippen molar-refractivity contribution in [3.05, 3.63) is 55.2 Å². The lowest BCUT2D eigenvalue weighted by Gasteiger charge is -2.18. The van der Waals surface area contributed by atoms with Gasteiger partial charge < -0.3 is 5.32 Å². The number of benzene rings is 1. The number of thiophene rings is 1. The molecular formula is C15H17Cl2NS. The highest BCUT2D eigenvalue weighted by Crippen LogP contribution is 2.36. The second kappa shape index (κ2) is 6.27. The summed E-state index contributed by atoms with van der Waals surface area (Å²) >= 11 is 14.3. The summed E-state index contributed by atoms with van der Waals surface area (Å²) in [5.74, 6) is 0. The summed E-state index contributed by atoms with van der Waals surface area (Å²) in [6.07, 6.45) is 0. The largest absolute Gasteiger partial charge is 0.306 e. The van der Waals surface area contributed by atoms with E-state index in [0.29, 0.717) is 0 Å². The van der Waals surface area contributed by atoms with Gasteiger partial charge in [0.15, 0.2) is 0 Å². The average Bonchev–Trinajstić information content (AvgIpc) is 2.71. The predicted molar refractivity (Wildman–Crippen MR) is 85.8 cm³/mol. The Morgan fingerprint density at radius 2 is 1.95 bits per heavy atom. The van der Waals surface area contributed by atoms with Gasteiger partial charge in [-0.3, -0.25) is 0 Å². The number of hydrogen-bond donors (Lipinski definition) is 1. The summed E-state index contributed by atoms with van der Waals surface area (Å²) < 4.78 is 0. The van der Waals surface area contributed by atoms with Crippen LogP contribution in [0.3, 0.4) is 0 Å². The number of aryl methyl sites for hydroxylation is 2. The van der Waals surface area contributed by atoms with Gasteiger partial charge in [-0.1, -0.05) is 42.3 Å². The van der Waals surface area contributed by atoms with Crippen LogP contribution in [-0.2, 0) is 0 Å². The molecule has 0 amide bonds. The zero-order valence-electron chi connectivity index (χ0n) is 11.3. The minimum atomic E-state index is 0.106. The molecule has 0 spiro atoms. The van der Waals surface area contributed by atoms with Crippen molar-refractivity contribution in [2.24, 2.45) is 0 Å². The van der Waals surface area contributed by atoms with Crippen molar-refractivity contribution in [2.75, 3.05) is 6.54 Å². The fourth-order valence-electron chi connectivity index (χ4n) is 2.00. The highest BCUT2D eigenvalue weighted by Gasteiger charge is 2.19. The minimum absolute atomic E-state index is 0.106. The van der Waals surface area contributed by atoms with E-state index in [-0.39, 0.29) is 6.04 Å². The lowest BCUT2D eigenvalue weighted by atomic mass is 10.0. The molecule has 2 rings (SSSR count). The van der Waals surface area contributed by atoms with Crippen LogP contribution in [0.1, 0.15) is 34.5 Å². The smallest absolute Gasteiger partial charge is 0.0686 e. The Morgan fingerprint density at radius 3 is 2.47 bits per heavy atom. The molecule has 0 aliphatic rings. The molecule has 0 radical (unpaired) electrons. The van der Waals surface area contributed by atoms with E-state index >= 15 is 0 Å². The van der Waals surface area contributed by atoms with Gasteiger partial charge in [0.2, 0.25) is 0 Å². The highest BCUT2D eigenvalue weighted by atomic mass is 35.5. The normalized spacial score (nSPS) is 12.7. The second-order valence-corrected chi connectivity index (χ2v) is 6.29. The van der Waals surface area contributed by atoms with E-state index in [2.05, 4.69) is 29.8 Å². The van der Waals surface area contributed by atoms with Gasteiger partial charge in [0.05, 0.1) is 11.1 Å². The summed E-state index contributed by atoms with van der Waals surface area (Å²) in [5, 5.41) is 7.23. The van der Waals surface area contributed by atoms with E-state index in [0.717, 1.165) is 38.2 Å². The van der Waals surface area contributed by atoms with E-state index in [9.17, 15) is 0 Å². The third-order valence-electron chi connectivity index (χ3n) is 3.12. The summed E-state index contributed by atoms with van der Waals surface area (Å²) in [6, 6.07) is 6.29. The molecule has 1 N–H and O–H groups in total. The van der Waals surface area contributed by atoms with Crippen molar-refractivity contribution in [3.63, 3.8) is 0 Å². The van der Waals surface area contributed by atoms with E-state index < -0.39 is 0 Å². The van der Waals surface area contributed by atoms with Gasteiger partial charge in [0.25, 0.3) is 0 Å². The van der Waals surface area contributed by atoms with Crippen molar-refractivity contribution in [3.8, 4) is 0 Å².